The minimum Gasteiger partial charge on any atom is -0.343 e. The SMILES string of the molecule is CC(C)(C)c1c[c-]n(-c2ncnc(C(C)(C)c3ncnc(-n4[c-]cc(C(C)(C)C)n4)n3)n2)n1.CC(C)(c1cccc(-n2[c-]cc(-c3ccccc3)n2)n1)c1ccnc(-n2[c-]cc(-c3ccccc3)n2)n1.CC(C)c1c[c-]n(-c2cccc(C(C)(C)c3cccc(-n4[c-]cc(C(C)C)n4)n3)n2)n1.[C-]#[N+]c1c[c-]n(-c2cncc(C(C)(C)c3cncc(-n4[c-]cc(C#N)n4)n3)n2)n1.[Pd+2].[Pd+2].[Pd+2].[Pd+2]. The van der Waals surface area contributed by atoms with Gasteiger partial charge >= 0.3 is 87.5 Å². The predicted molar refractivity (Wildman–Crippen MR) is 482 cm³/mol. The Morgan fingerprint density at radius 2 is 0.687 bits per heavy atom. The largest absolute Gasteiger partial charge is 2.00 e. The molecule has 0 fully saturated rings. The summed E-state index contributed by atoms with van der Waals surface area (Å²) >= 11 is 0. The van der Waals surface area contributed by atoms with Crippen molar-refractivity contribution in [2.24, 2.45) is 0 Å². The van der Waals surface area contributed by atoms with Gasteiger partial charge in [-0.3, -0.25) is 95.4 Å². The van der Waals surface area contributed by atoms with Gasteiger partial charge in [0.1, 0.15) is 42.1 Å². The molecule has 0 N–H and O–H groups in total. The van der Waals surface area contributed by atoms with Crippen LogP contribution in [0.1, 0.15) is 211 Å². The van der Waals surface area contributed by atoms with Crippen molar-refractivity contribution >= 4 is 5.82 Å². The number of nitriles is 1. The molecule has 18 aromatic rings. The number of hydrogen-bond acceptors (Lipinski definition) is 24. The molecule has 684 valence electrons. The minimum atomic E-state index is -0.727. The molecule has 0 atom stereocenters. The molecular weight excluding hydrogens is 2050 g/mol. The van der Waals surface area contributed by atoms with E-state index in [4.69, 9.17) is 31.8 Å². The van der Waals surface area contributed by atoms with E-state index >= 15 is 0 Å². The van der Waals surface area contributed by atoms with Crippen molar-refractivity contribution in [1.29, 1.82) is 5.26 Å². The van der Waals surface area contributed by atoms with E-state index in [0.29, 0.717) is 70.2 Å². The van der Waals surface area contributed by atoms with E-state index in [1.54, 1.807) is 43.5 Å². The van der Waals surface area contributed by atoms with Crippen LogP contribution in [-0.2, 0) is 114 Å². The first-order valence-electron chi connectivity index (χ1n) is 41.7. The number of rotatable bonds is 20. The molecule has 0 aliphatic heterocycles. The molecule has 0 saturated carbocycles. The monoisotopic (exact) mass is 2140 g/mol. The Bertz CT molecular complexity index is 6650. The van der Waals surface area contributed by atoms with Crippen LogP contribution >= 0.6 is 0 Å². The van der Waals surface area contributed by atoms with E-state index in [0.717, 1.165) is 79.7 Å². The first kappa shape index (κ1) is 101. The summed E-state index contributed by atoms with van der Waals surface area (Å²) in [5.41, 5.74) is 10.0. The Balaban J connectivity index is 0.000000171. The zero-order chi connectivity index (χ0) is 91.9. The fourth-order valence-electron chi connectivity index (χ4n) is 13.0. The number of benzene rings is 2. The molecule has 18 rings (SSSR count). The van der Waals surface area contributed by atoms with Gasteiger partial charge in [0.25, 0.3) is 0 Å². The zero-order valence-electron chi connectivity index (χ0n) is 76.4. The molecule has 0 amide bonds. The molecule has 0 saturated heterocycles. The van der Waals surface area contributed by atoms with Gasteiger partial charge in [0, 0.05) is 70.0 Å². The number of nitrogens with zero attached hydrogens (tertiary/aromatic N) is 33. The van der Waals surface area contributed by atoms with Crippen LogP contribution in [-0.4, -0.2) is 153 Å². The summed E-state index contributed by atoms with van der Waals surface area (Å²) in [4.78, 5) is 71.6. The first-order valence-corrected chi connectivity index (χ1v) is 41.7. The summed E-state index contributed by atoms with van der Waals surface area (Å²) in [6, 6.07) is 55.9. The molecule has 0 spiro atoms. The molecule has 16 aromatic heterocycles. The minimum absolute atomic E-state index is 0. The van der Waals surface area contributed by atoms with Gasteiger partial charge in [-0.2, -0.15) is 0 Å². The van der Waals surface area contributed by atoms with Crippen molar-refractivity contribution in [3.8, 4) is 75.5 Å². The van der Waals surface area contributed by atoms with Crippen molar-refractivity contribution in [1.82, 2.24) is 153 Å². The summed E-state index contributed by atoms with van der Waals surface area (Å²) in [6.07, 6.45) is 35.6. The van der Waals surface area contributed by atoms with Crippen LogP contribution in [0.5, 0.6) is 0 Å². The van der Waals surface area contributed by atoms with Gasteiger partial charge in [-0.1, -0.05) is 227 Å². The number of aromatic nitrogens is 31. The molecule has 0 aliphatic carbocycles. The average Bonchev–Trinajstić information content (AvgIpc) is 1.41. The quantitative estimate of drug-likeness (QED) is 0.0505. The van der Waals surface area contributed by atoms with Gasteiger partial charge in [-0.25, -0.2) is 25.0 Å². The zero-order valence-corrected chi connectivity index (χ0v) is 82.6. The van der Waals surface area contributed by atoms with E-state index in [2.05, 4.69) is 247 Å². The van der Waals surface area contributed by atoms with Crippen molar-refractivity contribution < 1.29 is 81.7 Å². The van der Waals surface area contributed by atoms with E-state index in [1.165, 1.54) is 49.7 Å². The van der Waals surface area contributed by atoms with Crippen LogP contribution in [0.4, 0.5) is 5.82 Å². The second-order valence-electron chi connectivity index (χ2n) is 35.0. The first-order chi connectivity index (χ1) is 62.2. The predicted octanol–water partition coefficient (Wildman–Crippen LogP) is 15.5. The number of hydrogen-bond donors (Lipinski definition) is 0. The molecule has 0 aliphatic rings. The van der Waals surface area contributed by atoms with E-state index < -0.39 is 21.7 Å². The molecule has 134 heavy (non-hydrogen) atoms. The molecule has 2 aromatic carbocycles. The summed E-state index contributed by atoms with van der Waals surface area (Å²) in [5, 5.41) is 44.8. The maximum atomic E-state index is 8.94. The molecule has 16 heterocycles. The Labute approximate surface area is 832 Å². The van der Waals surface area contributed by atoms with Crippen molar-refractivity contribution in [2.45, 2.75) is 169 Å². The Morgan fingerprint density at radius 1 is 0.321 bits per heavy atom. The summed E-state index contributed by atoms with van der Waals surface area (Å²) < 4.78 is 12.5. The van der Waals surface area contributed by atoms with Gasteiger partial charge in [0.05, 0.1) is 57.7 Å². The molecule has 0 bridgehead atoms. The van der Waals surface area contributed by atoms with Crippen LogP contribution in [0.15, 0.2) is 213 Å². The second kappa shape index (κ2) is 42.6. The smallest absolute Gasteiger partial charge is 0.343 e. The molecule has 0 radical (unpaired) electrons. The van der Waals surface area contributed by atoms with Gasteiger partial charge in [0.2, 0.25) is 0 Å². The maximum Gasteiger partial charge on any atom is 2.00 e. The van der Waals surface area contributed by atoms with Crippen molar-refractivity contribution in [3.63, 3.8) is 0 Å². The van der Waals surface area contributed by atoms with E-state index in [1.807, 2.05) is 191 Å². The van der Waals surface area contributed by atoms with Crippen molar-refractivity contribution in [2.75, 3.05) is 0 Å². The van der Waals surface area contributed by atoms with E-state index in [-0.39, 0.29) is 104 Å². The standard InChI is InChI=1S/C30H23N7.C25H28N6.C23H28N10.C19H12N10.4Pd/c1-30(2,26-14-9-15-28(32-26)36-20-17-24(34-36)22-10-5-3-6-11-22)27-16-19-31-29(33-27)37-21-18-25(35-37)23-12-7-4-8-13-23;1-17(2)19-13-15-30(28-19)23-11-7-9-21(26-23)25(5,6)22-10-8-12-24(27-22)31-16-14-20(29-31)18(3)4;1-21(2,3)15-9-11-32(30-15)19-26-13-24-17(28-19)23(7,8)18-25-14-27-20(29-18)33-12-10-16(31-33)22(4,5)6;1-19(2,14-9-22-11-17(24-14)28-6-4-13(8-20)26-28)15-10-23-12-18(25-15)29-7-5-16(21-3)27-29;;;;/h3-19H,1-2H3;7-14,17-18H,1-6H3;9-10,13-14H,1-8H3;4-5,9-12H,1-2H3;;;;/q4*-2;4*+2. The maximum absolute atomic E-state index is 8.94. The fourth-order valence-corrected chi connectivity index (χ4v) is 13.0. The van der Waals surface area contributed by atoms with Crippen LogP contribution in [0, 0.1) is 67.5 Å². The van der Waals surface area contributed by atoms with Crippen molar-refractivity contribution in [3.05, 3.63) is 349 Å². The second-order valence-corrected chi connectivity index (χ2v) is 35.0. The van der Waals surface area contributed by atoms with Gasteiger partial charge in [-0.15, -0.1) is 42.5 Å². The third kappa shape index (κ3) is 23.0. The summed E-state index contributed by atoms with van der Waals surface area (Å²) in [7, 11) is 0. The topological polar surface area (TPSA) is 364 Å². The molecule has 0 unspecified atom stereocenters. The van der Waals surface area contributed by atoms with E-state index in [9.17, 15) is 0 Å². The van der Waals surface area contributed by atoms with Crippen LogP contribution in [0.3, 0.4) is 0 Å². The van der Waals surface area contributed by atoms with Gasteiger partial charge in [-0.05, 0) is 154 Å². The summed E-state index contributed by atoms with van der Waals surface area (Å²) in [5.74, 6) is 6.20. The third-order valence-corrected chi connectivity index (χ3v) is 21.2. The molecule has 37 heteroatoms. The Hall–Kier alpha value is -13.5. The summed E-state index contributed by atoms with van der Waals surface area (Å²) in [6.45, 7) is 44.3. The normalized spacial score (nSPS) is 11.5. The van der Waals surface area contributed by atoms with Gasteiger partial charge in [0.15, 0.2) is 0 Å². The van der Waals surface area contributed by atoms with Crippen LogP contribution in [0.25, 0.3) is 74.3 Å². The molecular formula is C97H91N33Pd4. The Kier molecular flexibility index (Phi) is 32.1. The Morgan fingerprint density at radius 3 is 1.10 bits per heavy atom. The van der Waals surface area contributed by atoms with Crippen LogP contribution in [0.2, 0.25) is 0 Å². The number of pyridine rings is 3. The molecule has 33 nitrogen and oxygen atoms in total. The average molecular weight is 2140 g/mol. The van der Waals surface area contributed by atoms with Gasteiger partial charge < -0.3 is 37.6 Å². The van der Waals surface area contributed by atoms with Crippen LogP contribution < -0.4 is 0 Å². The third-order valence-electron chi connectivity index (χ3n) is 21.2. The fraction of sp³-hybridized carbons (Fsp3) is 0.268.